The van der Waals surface area contributed by atoms with Crippen molar-refractivity contribution in [2.75, 3.05) is 13.2 Å². The summed E-state index contributed by atoms with van der Waals surface area (Å²) in [6, 6.07) is 12.8. The average molecular weight is 346 g/mol. The van der Waals surface area contributed by atoms with E-state index in [-0.39, 0.29) is 25.2 Å². The fraction of sp³-hybridized carbons (Fsp3) is 0.222. The quantitative estimate of drug-likeness (QED) is 0.594. The molecule has 7 nitrogen and oxygen atoms in total. The third kappa shape index (κ3) is 5.82. The first-order chi connectivity index (χ1) is 12.0. The van der Waals surface area contributed by atoms with Gasteiger partial charge in [0.05, 0.1) is 5.56 Å². The van der Waals surface area contributed by atoms with Gasteiger partial charge in [0.2, 0.25) is 0 Å². The Morgan fingerprint density at radius 1 is 0.840 bits per heavy atom. The molecule has 3 N–H and O–H groups in total. The van der Waals surface area contributed by atoms with Crippen LogP contribution in [0.1, 0.15) is 15.9 Å². The lowest BCUT2D eigenvalue weighted by Gasteiger charge is -2.10. The number of aliphatic hydroxyl groups is 1. The van der Waals surface area contributed by atoms with Crippen LogP contribution in [0.5, 0.6) is 11.5 Å². The molecule has 0 amide bonds. The molecule has 0 aromatic heterocycles. The number of hydrogen-bond donors (Lipinski definition) is 3. The van der Waals surface area contributed by atoms with Crippen LogP contribution in [0.2, 0.25) is 0 Å². The van der Waals surface area contributed by atoms with Crippen LogP contribution in [0.4, 0.5) is 0 Å². The van der Waals surface area contributed by atoms with Gasteiger partial charge in [-0.15, -0.1) is 0 Å². The molecular formula is C18H18O7. The Balaban J connectivity index is 1.74. The smallest absolute Gasteiger partial charge is 0.335 e. The molecule has 2 rings (SSSR count). The highest BCUT2D eigenvalue weighted by Gasteiger charge is 2.13. The third-order valence-corrected chi connectivity index (χ3v) is 3.36. The number of carbonyl (C=O) groups is 2. The van der Waals surface area contributed by atoms with Crippen molar-refractivity contribution in [3.63, 3.8) is 0 Å². The van der Waals surface area contributed by atoms with Crippen LogP contribution in [-0.2, 0) is 11.2 Å². The molecule has 0 spiro atoms. The highest BCUT2D eigenvalue weighted by molar-refractivity contribution is 5.87. The van der Waals surface area contributed by atoms with Crippen LogP contribution >= 0.6 is 0 Å². The number of hydrogen-bond acceptors (Lipinski definition) is 5. The zero-order chi connectivity index (χ0) is 18.2. The molecule has 0 heterocycles. The number of aliphatic hydroxyl groups excluding tert-OH is 1. The summed E-state index contributed by atoms with van der Waals surface area (Å²) in [5.74, 6) is -1.10. The Morgan fingerprint density at radius 2 is 1.32 bits per heavy atom. The minimum Gasteiger partial charge on any atom is -0.490 e. The molecule has 0 bridgehead atoms. The van der Waals surface area contributed by atoms with Gasteiger partial charge in [0.15, 0.2) is 6.10 Å². The number of ether oxygens (including phenoxy) is 2. The minimum absolute atomic E-state index is 0.0328. The van der Waals surface area contributed by atoms with Crippen molar-refractivity contribution in [1.82, 2.24) is 0 Å². The normalized spacial score (nSPS) is 11.6. The van der Waals surface area contributed by atoms with E-state index in [0.29, 0.717) is 17.1 Å². The summed E-state index contributed by atoms with van der Waals surface area (Å²) in [5, 5.41) is 26.8. The SMILES string of the molecule is O=C(O)c1ccc(OCCOc2ccc(CC(O)C(=O)O)cc2)cc1. The van der Waals surface area contributed by atoms with Crippen molar-refractivity contribution in [3.05, 3.63) is 59.7 Å². The third-order valence-electron chi connectivity index (χ3n) is 3.36. The van der Waals surface area contributed by atoms with Crippen LogP contribution in [-0.4, -0.2) is 46.6 Å². The first-order valence-electron chi connectivity index (χ1n) is 7.54. The molecule has 0 fully saturated rings. The van der Waals surface area contributed by atoms with Gasteiger partial charge in [0, 0.05) is 6.42 Å². The molecule has 2 aromatic carbocycles. The van der Waals surface area contributed by atoms with Crippen molar-refractivity contribution in [2.24, 2.45) is 0 Å². The fourth-order valence-corrected chi connectivity index (χ4v) is 2.05. The number of benzene rings is 2. The zero-order valence-electron chi connectivity index (χ0n) is 13.3. The van der Waals surface area contributed by atoms with Crippen LogP contribution < -0.4 is 9.47 Å². The number of aromatic carboxylic acids is 1. The van der Waals surface area contributed by atoms with Crippen LogP contribution in [0.15, 0.2) is 48.5 Å². The van der Waals surface area contributed by atoms with E-state index in [0.717, 1.165) is 0 Å². The number of aliphatic carboxylic acids is 1. The van der Waals surface area contributed by atoms with Crippen molar-refractivity contribution in [2.45, 2.75) is 12.5 Å². The molecule has 0 radical (unpaired) electrons. The summed E-state index contributed by atoms with van der Waals surface area (Å²) in [6.45, 7) is 0.573. The Kier molecular flexibility index (Phi) is 6.36. The summed E-state index contributed by atoms with van der Waals surface area (Å²) < 4.78 is 10.9. The molecule has 0 aliphatic rings. The number of carboxylic acid groups (broad SMARTS) is 2. The van der Waals surface area contributed by atoms with Crippen LogP contribution in [0.3, 0.4) is 0 Å². The molecule has 1 unspecified atom stereocenters. The van der Waals surface area contributed by atoms with E-state index in [1.807, 2.05) is 0 Å². The van der Waals surface area contributed by atoms with Gasteiger partial charge >= 0.3 is 11.9 Å². The van der Waals surface area contributed by atoms with E-state index >= 15 is 0 Å². The van der Waals surface area contributed by atoms with Crippen LogP contribution in [0, 0.1) is 0 Å². The van der Waals surface area contributed by atoms with Crippen molar-refractivity contribution in [3.8, 4) is 11.5 Å². The summed E-state index contributed by atoms with van der Waals surface area (Å²) in [5.41, 5.74) is 0.883. The molecule has 1 atom stereocenters. The van der Waals surface area contributed by atoms with Crippen molar-refractivity contribution < 1.29 is 34.4 Å². The Labute approximate surface area is 144 Å². The van der Waals surface area contributed by atoms with Gasteiger partial charge in [-0.2, -0.15) is 0 Å². The van der Waals surface area contributed by atoms with E-state index in [1.165, 1.54) is 12.1 Å². The molecule has 25 heavy (non-hydrogen) atoms. The second-order valence-electron chi connectivity index (χ2n) is 5.23. The average Bonchev–Trinajstić information content (AvgIpc) is 2.60. The second kappa shape index (κ2) is 8.70. The zero-order valence-corrected chi connectivity index (χ0v) is 13.3. The van der Waals surface area contributed by atoms with Gasteiger partial charge in [-0.05, 0) is 42.0 Å². The summed E-state index contributed by atoms with van der Waals surface area (Å²) in [6.07, 6.45) is -1.39. The predicted octanol–water partition coefficient (Wildman–Crippen LogP) is 1.83. The molecular weight excluding hydrogens is 328 g/mol. The largest absolute Gasteiger partial charge is 0.490 e. The van der Waals surface area contributed by atoms with E-state index in [4.69, 9.17) is 19.7 Å². The topological polar surface area (TPSA) is 113 Å². The van der Waals surface area contributed by atoms with Crippen molar-refractivity contribution in [1.29, 1.82) is 0 Å². The standard InChI is InChI=1S/C18H18O7/c19-16(18(22)23)11-12-1-5-14(6-2-12)24-9-10-25-15-7-3-13(4-8-15)17(20)21/h1-8,16,19H,9-11H2,(H,20,21)(H,22,23). The highest BCUT2D eigenvalue weighted by atomic mass is 16.5. The fourth-order valence-electron chi connectivity index (χ4n) is 2.05. The van der Waals surface area contributed by atoms with Crippen LogP contribution in [0.25, 0.3) is 0 Å². The lowest BCUT2D eigenvalue weighted by molar-refractivity contribution is -0.146. The molecule has 0 aliphatic carbocycles. The van der Waals surface area contributed by atoms with Gasteiger partial charge in [0.1, 0.15) is 24.7 Å². The minimum atomic E-state index is -1.42. The van der Waals surface area contributed by atoms with Crippen molar-refractivity contribution >= 4 is 11.9 Å². The number of carboxylic acids is 2. The van der Waals surface area contributed by atoms with Gasteiger partial charge < -0.3 is 24.8 Å². The molecule has 0 saturated heterocycles. The summed E-state index contributed by atoms with van der Waals surface area (Å²) in [7, 11) is 0. The van der Waals surface area contributed by atoms with Gasteiger partial charge in [0.25, 0.3) is 0 Å². The Bertz CT molecular complexity index is 707. The maximum Gasteiger partial charge on any atom is 0.335 e. The Hall–Kier alpha value is -3.06. The molecule has 2 aromatic rings. The predicted molar refractivity (Wildman–Crippen MR) is 88.2 cm³/mol. The highest BCUT2D eigenvalue weighted by Crippen LogP contribution is 2.15. The lowest BCUT2D eigenvalue weighted by Crippen LogP contribution is -2.21. The van der Waals surface area contributed by atoms with Gasteiger partial charge in [-0.1, -0.05) is 12.1 Å². The summed E-state index contributed by atoms with van der Waals surface area (Å²) in [4.78, 5) is 21.3. The second-order valence-corrected chi connectivity index (χ2v) is 5.23. The molecule has 0 saturated carbocycles. The van der Waals surface area contributed by atoms with Gasteiger partial charge in [-0.25, -0.2) is 9.59 Å². The monoisotopic (exact) mass is 346 g/mol. The maximum atomic E-state index is 10.7. The van der Waals surface area contributed by atoms with E-state index < -0.39 is 18.0 Å². The Morgan fingerprint density at radius 3 is 1.76 bits per heavy atom. The molecule has 7 heteroatoms. The van der Waals surface area contributed by atoms with Gasteiger partial charge in [-0.3, -0.25) is 0 Å². The number of rotatable bonds is 9. The first kappa shape index (κ1) is 18.3. The van der Waals surface area contributed by atoms with E-state index in [2.05, 4.69) is 0 Å². The van der Waals surface area contributed by atoms with E-state index in [1.54, 1.807) is 36.4 Å². The summed E-state index contributed by atoms with van der Waals surface area (Å²) >= 11 is 0. The first-order valence-corrected chi connectivity index (χ1v) is 7.54. The molecule has 132 valence electrons. The maximum absolute atomic E-state index is 10.7. The lowest BCUT2D eigenvalue weighted by atomic mass is 10.1. The molecule has 0 aliphatic heterocycles. The van der Waals surface area contributed by atoms with E-state index in [9.17, 15) is 14.7 Å².